The van der Waals surface area contributed by atoms with Crippen LogP contribution in [0.4, 0.5) is 14.6 Å². The molecule has 9 nitrogen and oxygen atoms in total. The first-order chi connectivity index (χ1) is 18.0. The molecule has 1 aromatic carbocycles. The molecule has 0 saturated heterocycles. The first-order valence-electron chi connectivity index (χ1n) is 11.7. The predicted molar refractivity (Wildman–Crippen MR) is 135 cm³/mol. The first kappa shape index (κ1) is 24.8. The average Bonchev–Trinajstić information content (AvgIpc) is 3.63. The zero-order valence-corrected chi connectivity index (χ0v) is 21.0. The number of aryl methyl sites for hydroxylation is 1. The molecule has 4 aromatic heterocycles. The molecule has 0 saturated carbocycles. The summed E-state index contributed by atoms with van der Waals surface area (Å²) in [5.41, 5.74) is 2.78. The van der Waals surface area contributed by atoms with Gasteiger partial charge in [-0.1, -0.05) is 50.2 Å². The first-order valence-corrected chi connectivity index (χ1v) is 11.7. The molecule has 11 heteroatoms. The van der Waals surface area contributed by atoms with E-state index in [1.54, 1.807) is 40.9 Å². The van der Waals surface area contributed by atoms with Gasteiger partial charge in [0.05, 0.1) is 23.5 Å². The summed E-state index contributed by atoms with van der Waals surface area (Å²) in [5.74, 6) is -4.98. The molecular formula is C27H23F2N7O2. The van der Waals surface area contributed by atoms with Crippen LogP contribution >= 0.6 is 0 Å². The van der Waals surface area contributed by atoms with Gasteiger partial charge < -0.3 is 9.84 Å². The van der Waals surface area contributed by atoms with Gasteiger partial charge >= 0.3 is 11.8 Å². The Balaban J connectivity index is 1.42. The fourth-order valence-electron chi connectivity index (χ4n) is 4.02. The Morgan fingerprint density at radius 3 is 2.37 bits per heavy atom. The molecule has 5 aromatic rings. The summed E-state index contributed by atoms with van der Waals surface area (Å²) >= 11 is 0. The highest BCUT2D eigenvalue weighted by atomic mass is 19.3. The third-order valence-corrected chi connectivity index (χ3v) is 6.11. The molecule has 0 aliphatic heterocycles. The van der Waals surface area contributed by atoms with Crippen molar-refractivity contribution in [2.45, 2.75) is 32.1 Å². The van der Waals surface area contributed by atoms with Gasteiger partial charge in [0.2, 0.25) is 0 Å². The van der Waals surface area contributed by atoms with Crippen LogP contribution in [0.5, 0.6) is 0 Å². The number of anilines is 1. The van der Waals surface area contributed by atoms with Crippen LogP contribution in [0.2, 0.25) is 0 Å². The van der Waals surface area contributed by atoms with Crippen molar-refractivity contribution in [1.82, 2.24) is 24.6 Å². The number of rotatable bonds is 5. The number of hydrogen-bond acceptors (Lipinski definition) is 6. The monoisotopic (exact) mass is 515 g/mol. The molecule has 0 unspecified atom stereocenters. The number of alkyl halides is 2. The van der Waals surface area contributed by atoms with Crippen molar-refractivity contribution in [3.8, 4) is 28.3 Å². The van der Waals surface area contributed by atoms with Gasteiger partial charge in [-0.25, -0.2) is 4.52 Å². The molecule has 0 atom stereocenters. The molecule has 5 rings (SSSR count). The van der Waals surface area contributed by atoms with E-state index < -0.39 is 22.8 Å². The van der Waals surface area contributed by atoms with Crippen LogP contribution in [0.1, 0.15) is 37.7 Å². The number of nitriles is 1. The summed E-state index contributed by atoms with van der Waals surface area (Å²) in [6.07, 6.45) is 6.86. The third kappa shape index (κ3) is 4.41. The molecule has 0 aliphatic rings. The molecule has 38 heavy (non-hydrogen) atoms. The van der Waals surface area contributed by atoms with Crippen LogP contribution in [-0.2, 0) is 23.2 Å². The molecule has 1 amide bonds. The van der Waals surface area contributed by atoms with Crippen molar-refractivity contribution in [1.29, 1.82) is 5.26 Å². The van der Waals surface area contributed by atoms with Crippen molar-refractivity contribution in [2.24, 2.45) is 7.05 Å². The number of amides is 1. The maximum atomic E-state index is 15.0. The highest BCUT2D eigenvalue weighted by Crippen LogP contribution is 2.34. The van der Waals surface area contributed by atoms with Crippen LogP contribution in [0.3, 0.4) is 0 Å². The lowest BCUT2D eigenvalue weighted by Crippen LogP contribution is -2.32. The molecule has 1 N–H and O–H groups in total. The fourth-order valence-corrected chi connectivity index (χ4v) is 4.02. The fraction of sp³-hybridized carbons (Fsp3) is 0.222. The van der Waals surface area contributed by atoms with Crippen LogP contribution in [-0.4, -0.2) is 30.5 Å². The number of nitrogens with zero attached hydrogens (tertiary/aromatic N) is 6. The minimum atomic E-state index is -3.82. The summed E-state index contributed by atoms with van der Waals surface area (Å²) in [4.78, 5) is 12.4. The number of fused-ring (bicyclic) bond motifs is 1. The van der Waals surface area contributed by atoms with Gasteiger partial charge in [0, 0.05) is 53.2 Å². The quantitative estimate of drug-likeness (QED) is 0.340. The Morgan fingerprint density at radius 2 is 1.76 bits per heavy atom. The van der Waals surface area contributed by atoms with Gasteiger partial charge in [0.15, 0.2) is 5.82 Å². The lowest BCUT2D eigenvalue weighted by molar-refractivity contribution is -0.141. The van der Waals surface area contributed by atoms with E-state index in [0.717, 1.165) is 11.1 Å². The number of carbonyl (C=O) groups excluding carboxylic acids is 1. The molecule has 4 heterocycles. The molecule has 0 aliphatic carbocycles. The highest BCUT2D eigenvalue weighted by Gasteiger charge is 2.41. The number of carbonyl (C=O) groups is 1. The third-order valence-electron chi connectivity index (χ3n) is 6.11. The predicted octanol–water partition coefficient (Wildman–Crippen LogP) is 5.29. The van der Waals surface area contributed by atoms with E-state index in [1.807, 2.05) is 27.0 Å². The molecule has 0 bridgehead atoms. The van der Waals surface area contributed by atoms with Crippen molar-refractivity contribution in [3.05, 3.63) is 78.1 Å². The number of hydrogen-bond donors (Lipinski definition) is 1. The average molecular weight is 516 g/mol. The maximum absolute atomic E-state index is 15.0. The van der Waals surface area contributed by atoms with E-state index in [0.29, 0.717) is 28.0 Å². The van der Waals surface area contributed by atoms with E-state index in [9.17, 15) is 18.8 Å². The Bertz CT molecular complexity index is 1700. The number of aromatic nitrogens is 5. The van der Waals surface area contributed by atoms with Crippen molar-refractivity contribution >= 4 is 17.2 Å². The summed E-state index contributed by atoms with van der Waals surface area (Å²) in [7, 11) is 1.80. The second-order valence-corrected chi connectivity index (χ2v) is 9.94. The smallest absolute Gasteiger partial charge is 0.350 e. The zero-order valence-electron chi connectivity index (χ0n) is 21.0. The van der Waals surface area contributed by atoms with E-state index >= 15 is 0 Å². The standard InChI is InChI=1S/C27H23F2N7O2/c1-26(2,3)22-10-23(34-38-22)33-25(37)27(28,29)20-7-5-16(6-8-20)21-13-32-36-15-18(9-17(11-30)24(21)36)19-12-31-35(4)14-19/h5-10,12-15H,1-4H3,(H,33,34,37). The van der Waals surface area contributed by atoms with Gasteiger partial charge in [-0.15, -0.1) is 0 Å². The lowest BCUT2D eigenvalue weighted by atomic mass is 9.93. The highest BCUT2D eigenvalue weighted by molar-refractivity contribution is 5.96. The van der Waals surface area contributed by atoms with E-state index in [2.05, 4.69) is 26.7 Å². The van der Waals surface area contributed by atoms with Crippen molar-refractivity contribution in [3.63, 3.8) is 0 Å². The van der Waals surface area contributed by atoms with E-state index in [-0.39, 0.29) is 5.82 Å². The molecule has 0 radical (unpaired) electrons. The molecular weight excluding hydrogens is 492 g/mol. The Kier molecular flexibility index (Phi) is 5.83. The van der Waals surface area contributed by atoms with E-state index in [4.69, 9.17) is 4.52 Å². The Hall–Kier alpha value is -4.85. The van der Waals surface area contributed by atoms with Crippen LogP contribution in [0, 0.1) is 11.3 Å². The number of benzene rings is 1. The Morgan fingerprint density at radius 1 is 1.03 bits per heavy atom. The second-order valence-electron chi connectivity index (χ2n) is 9.94. The molecule has 0 fully saturated rings. The lowest BCUT2D eigenvalue weighted by Gasteiger charge is -2.16. The number of nitrogens with one attached hydrogen (secondary N) is 1. The minimum Gasteiger partial charge on any atom is -0.359 e. The van der Waals surface area contributed by atoms with Gasteiger partial charge in [-0.05, 0) is 11.6 Å². The van der Waals surface area contributed by atoms with Crippen LogP contribution < -0.4 is 5.32 Å². The van der Waals surface area contributed by atoms with Gasteiger partial charge in [-0.2, -0.15) is 24.2 Å². The zero-order chi connectivity index (χ0) is 27.2. The number of halogens is 2. The molecule has 192 valence electrons. The van der Waals surface area contributed by atoms with E-state index in [1.165, 1.54) is 30.3 Å². The number of pyridine rings is 1. The summed E-state index contributed by atoms with van der Waals surface area (Å²) in [6.45, 7) is 5.62. The normalized spacial score (nSPS) is 12.0. The van der Waals surface area contributed by atoms with Crippen LogP contribution in [0.25, 0.3) is 27.8 Å². The maximum Gasteiger partial charge on any atom is 0.350 e. The van der Waals surface area contributed by atoms with Gasteiger partial charge in [0.25, 0.3) is 0 Å². The van der Waals surface area contributed by atoms with Crippen molar-refractivity contribution < 1.29 is 18.1 Å². The summed E-state index contributed by atoms with van der Waals surface area (Å²) < 4.78 is 38.4. The van der Waals surface area contributed by atoms with Gasteiger partial charge in [-0.3, -0.25) is 9.48 Å². The van der Waals surface area contributed by atoms with Crippen molar-refractivity contribution in [2.75, 3.05) is 5.32 Å². The summed E-state index contributed by atoms with van der Waals surface area (Å²) in [6, 6.07) is 10.7. The largest absolute Gasteiger partial charge is 0.359 e. The van der Waals surface area contributed by atoms with Gasteiger partial charge in [0.1, 0.15) is 11.8 Å². The minimum absolute atomic E-state index is 0.0859. The van der Waals surface area contributed by atoms with Crippen LogP contribution in [0.15, 0.2) is 65.7 Å². The molecule has 0 spiro atoms. The summed E-state index contributed by atoms with van der Waals surface area (Å²) in [5, 5.41) is 24.1. The Labute approximate surface area is 216 Å². The SMILES string of the molecule is Cn1cc(-c2cc(C#N)c3c(-c4ccc(C(F)(F)C(=O)Nc5cc(C(C)(C)C)on5)cc4)cnn3c2)cn1. The topological polar surface area (TPSA) is 114 Å². The second kappa shape index (κ2) is 8.92.